The van der Waals surface area contributed by atoms with Crippen LogP contribution in [-0.4, -0.2) is 39.3 Å². The highest BCUT2D eigenvalue weighted by atomic mass is 16.5. The summed E-state index contributed by atoms with van der Waals surface area (Å²) in [5, 5.41) is 15.5. The SMILES string of the molecule is CCOc1ccc(-c2noc(CCC(=O)NC3(C(=O)O)CC3)n2)cc1. The second-order valence-electron chi connectivity index (χ2n) is 5.90. The zero-order valence-electron chi connectivity index (χ0n) is 13.8. The molecule has 25 heavy (non-hydrogen) atoms. The van der Waals surface area contributed by atoms with E-state index in [1.807, 2.05) is 31.2 Å². The quantitative estimate of drug-likeness (QED) is 0.749. The highest BCUT2D eigenvalue weighted by Gasteiger charge is 2.51. The molecule has 0 radical (unpaired) electrons. The van der Waals surface area contributed by atoms with Crippen molar-refractivity contribution in [3.8, 4) is 17.1 Å². The molecule has 2 aromatic rings. The number of hydrogen-bond acceptors (Lipinski definition) is 6. The summed E-state index contributed by atoms with van der Waals surface area (Å²) in [6.07, 6.45) is 1.29. The molecule has 0 saturated heterocycles. The van der Waals surface area contributed by atoms with Gasteiger partial charge in [-0.3, -0.25) is 4.79 Å². The smallest absolute Gasteiger partial charge is 0.329 e. The fraction of sp³-hybridized carbons (Fsp3) is 0.412. The molecule has 1 aliphatic rings. The number of carbonyl (C=O) groups is 2. The first kappa shape index (κ1) is 16.9. The van der Waals surface area contributed by atoms with Crippen LogP contribution in [0.1, 0.15) is 32.1 Å². The van der Waals surface area contributed by atoms with E-state index in [2.05, 4.69) is 15.5 Å². The normalized spacial score (nSPS) is 14.8. The highest BCUT2D eigenvalue weighted by molar-refractivity contribution is 5.89. The van der Waals surface area contributed by atoms with Crippen molar-refractivity contribution in [3.05, 3.63) is 30.2 Å². The molecular formula is C17H19N3O5. The van der Waals surface area contributed by atoms with Crippen molar-refractivity contribution in [2.24, 2.45) is 0 Å². The van der Waals surface area contributed by atoms with Crippen LogP contribution >= 0.6 is 0 Å². The van der Waals surface area contributed by atoms with E-state index in [-0.39, 0.29) is 18.7 Å². The fourth-order valence-electron chi connectivity index (χ4n) is 2.41. The molecule has 3 rings (SSSR count). The van der Waals surface area contributed by atoms with Gasteiger partial charge in [0, 0.05) is 18.4 Å². The lowest BCUT2D eigenvalue weighted by Crippen LogP contribution is -2.43. The third kappa shape index (κ3) is 3.96. The van der Waals surface area contributed by atoms with Crippen LogP contribution in [0.25, 0.3) is 11.4 Å². The number of aliphatic carboxylic acids is 1. The second-order valence-corrected chi connectivity index (χ2v) is 5.90. The molecule has 0 spiro atoms. The zero-order chi connectivity index (χ0) is 17.9. The maximum Gasteiger partial charge on any atom is 0.329 e. The van der Waals surface area contributed by atoms with E-state index < -0.39 is 11.5 Å². The minimum Gasteiger partial charge on any atom is -0.494 e. The molecule has 1 aromatic carbocycles. The standard InChI is InChI=1S/C17H19N3O5/c1-2-24-12-5-3-11(4-6-12)15-18-14(25-20-15)8-7-13(21)19-17(9-10-17)16(22)23/h3-6H,2,7-10H2,1H3,(H,19,21)(H,22,23). The Bertz CT molecular complexity index is 765. The van der Waals surface area contributed by atoms with Crippen molar-refractivity contribution in [3.63, 3.8) is 0 Å². The van der Waals surface area contributed by atoms with Crippen LogP contribution in [0.2, 0.25) is 0 Å². The number of benzene rings is 1. The second kappa shape index (κ2) is 6.92. The zero-order valence-corrected chi connectivity index (χ0v) is 13.8. The number of nitrogens with one attached hydrogen (secondary N) is 1. The number of carbonyl (C=O) groups excluding carboxylic acids is 1. The fourth-order valence-corrected chi connectivity index (χ4v) is 2.41. The van der Waals surface area contributed by atoms with Crippen LogP contribution < -0.4 is 10.1 Å². The number of aromatic nitrogens is 2. The third-order valence-electron chi connectivity index (χ3n) is 4.00. The van der Waals surface area contributed by atoms with E-state index in [1.165, 1.54) is 0 Å². The molecule has 0 unspecified atom stereocenters. The number of nitrogens with zero attached hydrogens (tertiary/aromatic N) is 2. The van der Waals surface area contributed by atoms with E-state index in [4.69, 9.17) is 14.4 Å². The number of hydrogen-bond donors (Lipinski definition) is 2. The molecule has 1 fully saturated rings. The van der Waals surface area contributed by atoms with Gasteiger partial charge in [-0.1, -0.05) is 5.16 Å². The summed E-state index contributed by atoms with van der Waals surface area (Å²) in [5.41, 5.74) is -0.287. The van der Waals surface area contributed by atoms with Crippen molar-refractivity contribution in [1.82, 2.24) is 15.5 Å². The van der Waals surface area contributed by atoms with Crippen LogP contribution in [0.3, 0.4) is 0 Å². The monoisotopic (exact) mass is 345 g/mol. The van der Waals surface area contributed by atoms with Crippen molar-refractivity contribution < 1.29 is 24.0 Å². The Morgan fingerprint density at radius 2 is 2.04 bits per heavy atom. The molecule has 1 aromatic heterocycles. The molecule has 132 valence electrons. The summed E-state index contributed by atoms with van der Waals surface area (Å²) in [4.78, 5) is 27.2. The van der Waals surface area contributed by atoms with Crippen LogP contribution in [0, 0.1) is 0 Å². The third-order valence-corrected chi connectivity index (χ3v) is 4.00. The maximum absolute atomic E-state index is 11.9. The van der Waals surface area contributed by atoms with Gasteiger partial charge in [-0.15, -0.1) is 0 Å². The minimum absolute atomic E-state index is 0.0972. The topological polar surface area (TPSA) is 115 Å². The van der Waals surface area contributed by atoms with Gasteiger partial charge in [-0.05, 0) is 44.0 Å². The van der Waals surface area contributed by atoms with Gasteiger partial charge in [0.25, 0.3) is 0 Å². The minimum atomic E-state index is -1.07. The maximum atomic E-state index is 11.9. The van der Waals surface area contributed by atoms with Crippen molar-refractivity contribution in [2.45, 2.75) is 38.1 Å². The number of carboxylic acids is 1. The molecule has 0 atom stereocenters. The van der Waals surface area contributed by atoms with Gasteiger partial charge in [-0.25, -0.2) is 4.79 Å². The molecule has 0 bridgehead atoms. The summed E-state index contributed by atoms with van der Waals surface area (Å²) in [7, 11) is 0. The molecule has 1 heterocycles. The van der Waals surface area contributed by atoms with Gasteiger partial charge >= 0.3 is 5.97 Å². The average molecular weight is 345 g/mol. The highest BCUT2D eigenvalue weighted by Crippen LogP contribution is 2.35. The predicted octanol–water partition coefficient (Wildman–Crippen LogP) is 1.80. The summed E-state index contributed by atoms with van der Waals surface area (Å²) in [6, 6.07) is 7.30. The molecule has 1 amide bonds. The molecule has 8 nitrogen and oxygen atoms in total. The molecule has 8 heteroatoms. The van der Waals surface area contributed by atoms with E-state index in [9.17, 15) is 9.59 Å². The van der Waals surface area contributed by atoms with Gasteiger partial charge in [0.15, 0.2) is 0 Å². The Labute approximate surface area is 144 Å². The summed E-state index contributed by atoms with van der Waals surface area (Å²) in [6.45, 7) is 2.51. The van der Waals surface area contributed by atoms with Gasteiger partial charge < -0.3 is 19.7 Å². The van der Waals surface area contributed by atoms with E-state index in [1.54, 1.807) is 0 Å². The first-order valence-corrected chi connectivity index (χ1v) is 8.12. The van der Waals surface area contributed by atoms with Crippen LogP contribution in [0.4, 0.5) is 0 Å². The number of amides is 1. The number of rotatable bonds is 8. The number of aryl methyl sites for hydroxylation is 1. The van der Waals surface area contributed by atoms with E-state index >= 15 is 0 Å². The lowest BCUT2D eigenvalue weighted by atomic mass is 10.2. The average Bonchev–Trinajstić information content (AvgIpc) is 3.22. The number of ether oxygens (including phenoxy) is 1. The lowest BCUT2D eigenvalue weighted by Gasteiger charge is -2.11. The first-order chi connectivity index (χ1) is 12.0. The van der Waals surface area contributed by atoms with Crippen LogP contribution in [-0.2, 0) is 16.0 Å². The van der Waals surface area contributed by atoms with Crippen LogP contribution in [0.15, 0.2) is 28.8 Å². The van der Waals surface area contributed by atoms with Gasteiger partial charge in [-0.2, -0.15) is 4.98 Å². The van der Waals surface area contributed by atoms with Crippen LogP contribution in [0.5, 0.6) is 5.75 Å². The summed E-state index contributed by atoms with van der Waals surface area (Å²) in [5.74, 6) is 0.207. The Kier molecular flexibility index (Phi) is 4.69. The lowest BCUT2D eigenvalue weighted by molar-refractivity contribution is -0.143. The Morgan fingerprint density at radius 3 is 2.64 bits per heavy atom. The molecule has 1 aliphatic carbocycles. The molecular weight excluding hydrogens is 326 g/mol. The van der Waals surface area contributed by atoms with Crippen molar-refractivity contribution >= 4 is 11.9 Å². The Balaban J connectivity index is 1.55. The summed E-state index contributed by atoms with van der Waals surface area (Å²) < 4.78 is 10.5. The van der Waals surface area contributed by atoms with Gasteiger partial charge in [0.1, 0.15) is 11.3 Å². The van der Waals surface area contributed by atoms with E-state index in [0.29, 0.717) is 31.2 Å². The molecule has 1 saturated carbocycles. The largest absolute Gasteiger partial charge is 0.494 e. The van der Waals surface area contributed by atoms with Crippen molar-refractivity contribution in [2.75, 3.05) is 6.61 Å². The van der Waals surface area contributed by atoms with E-state index in [0.717, 1.165) is 11.3 Å². The first-order valence-electron chi connectivity index (χ1n) is 8.12. The Morgan fingerprint density at radius 1 is 1.32 bits per heavy atom. The summed E-state index contributed by atoms with van der Waals surface area (Å²) >= 11 is 0. The predicted molar refractivity (Wildman–Crippen MR) is 87.0 cm³/mol. The number of carboxylic acid groups (broad SMARTS) is 1. The molecule has 2 N–H and O–H groups in total. The van der Waals surface area contributed by atoms with Gasteiger partial charge in [0.2, 0.25) is 17.6 Å². The van der Waals surface area contributed by atoms with Crippen molar-refractivity contribution in [1.29, 1.82) is 0 Å². The van der Waals surface area contributed by atoms with Gasteiger partial charge in [0.05, 0.1) is 6.61 Å². The molecule has 0 aliphatic heterocycles. The Hall–Kier alpha value is -2.90.